The van der Waals surface area contributed by atoms with E-state index in [-0.39, 0.29) is 22.8 Å². The highest BCUT2D eigenvalue weighted by Gasteiger charge is 2.32. The van der Waals surface area contributed by atoms with Crippen LogP contribution < -0.4 is 10.2 Å². The summed E-state index contributed by atoms with van der Waals surface area (Å²) in [5.41, 5.74) is 1.19. The lowest BCUT2D eigenvalue weighted by Crippen LogP contribution is -2.25. The number of rotatable bonds is 4. The molecule has 1 fully saturated rings. The summed E-state index contributed by atoms with van der Waals surface area (Å²) in [4.78, 5) is 36.0. The number of carbonyl (C=O) groups excluding carboxylic acids is 3. The summed E-state index contributed by atoms with van der Waals surface area (Å²) in [5, 5.41) is 3.19. The second kappa shape index (κ2) is 7.15. The Balaban J connectivity index is 2.15. The molecule has 1 saturated heterocycles. The van der Waals surface area contributed by atoms with Crippen molar-refractivity contribution in [3.05, 3.63) is 23.2 Å². The summed E-state index contributed by atoms with van der Waals surface area (Å²) >= 11 is 7.42. The van der Waals surface area contributed by atoms with Gasteiger partial charge in [0.25, 0.3) is 0 Å². The Hall–Kier alpha value is -1.53. The first-order chi connectivity index (χ1) is 10.4. The molecular formula is C15H17ClN2O3S. The van der Waals surface area contributed by atoms with Gasteiger partial charge in [-0.05, 0) is 24.1 Å². The molecule has 1 aliphatic rings. The SMILES string of the molecule is CC(=O)Nc1ccc(Cl)c(N2CC(CSC(C)=O)CC2=O)c1. The minimum Gasteiger partial charge on any atom is -0.326 e. The molecule has 1 atom stereocenters. The van der Waals surface area contributed by atoms with E-state index in [1.807, 2.05) is 0 Å². The lowest BCUT2D eigenvalue weighted by Gasteiger charge is -2.19. The van der Waals surface area contributed by atoms with E-state index in [4.69, 9.17) is 11.6 Å². The van der Waals surface area contributed by atoms with Crippen molar-refractivity contribution in [1.29, 1.82) is 0 Å². The van der Waals surface area contributed by atoms with E-state index < -0.39 is 0 Å². The van der Waals surface area contributed by atoms with Gasteiger partial charge in [-0.25, -0.2) is 0 Å². The van der Waals surface area contributed by atoms with E-state index in [2.05, 4.69) is 5.32 Å². The zero-order valence-corrected chi connectivity index (χ0v) is 14.0. The first kappa shape index (κ1) is 16.8. The highest BCUT2D eigenvalue weighted by Crippen LogP contribution is 2.34. The van der Waals surface area contributed by atoms with Gasteiger partial charge in [0.1, 0.15) is 0 Å². The third-order valence-electron chi connectivity index (χ3n) is 3.28. The van der Waals surface area contributed by atoms with Gasteiger partial charge in [0.2, 0.25) is 11.8 Å². The predicted octanol–water partition coefficient (Wildman–Crippen LogP) is 2.93. The predicted molar refractivity (Wildman–Crippen MR) is 89.4 cm³/mol. The number of thioether (sulfide) groups is 1. The average Bonchev–Trinajstić information content (AvgIpc) is 2.79. The number of amides is 2. The van der Waals surface area contributed by atoms with Crippen LogP contribution in [0.3, 0.4) is 0 Å². The summed E-state index contributed by atoms with van der Waals surface area (Å²) in [6.45, 7) is 3.47. The van der Waals surface area contributed by atoms with Crippen molar-refractivity contribution in [2.75, 3.05) is 22.5 Å². The molecule has 0 aliphatic carbocycles. The van der Waals surface area contributed by atoms with Crippen molar-refractivity contribution in [2.45, 2.75) is 20.3 Å². The fraction of sp³-hybridized carbons (Fsp3) is 0.400. The van der Waals surface area contributed by atoms with Crippen LogP contribution in [0.5, 0.6) is 0 Å². The molecule has 1 N–H and O–H groups in total. The van der Waals surface area contributed by atoms with Crippen LogP contribution in [0.15, 0.2) is 18.2 Å². The van der Waals surface area contributed by atoms with Gasteiger partial charge in [0.15, 0.2) is 5.12 Å². The maximum atomic E-state index is 12.2. The number of nitrogens with zero attached hydrogens (tertiary/aromatic N) is 1. The standard InChI is InChI=1S/C15H17ClN2O3S/c1-9(19)17-12-3-4-13(16)14(6-12)18-7-11(5-15(18)21)8-22-10(2)20/h3-4,6,11H,5,7-8H2,1-2H3,(H,17,19). The topological polar surface area (TPSA) is 66.5 Å². The normalized spacial score (nSPS) is 17.7. The number of nitrogens with one attached hydrogen (secondary N) is 1. The van der Waals surface area contributed by atoms with Gasteiger partial charge in [-0.2, -0.15) is 0 Å². The summed E-state index contributed by atoms with van der Waals surface area (Å²) in [7, 11) is 0. The molecule has 1 aromatic carbocycles. The van der Waals surface area contributed by atoms with Gasteiger partial charge >= 0.3 is 0 Å². The Morgan fingerprint density at radius 3 is 2.77 bits per heavy atom. The first-order valence-corrected chi connectivity index (χ1v) is 8.24. The highest BCUT2D eigenvalue weighted by molar-refractivity contribution is 8.13. The number of halogens is 1. The fourth-order valence-corrected chi connectivity index (χ4v) is 3.28. The average molecular weight is 341 g/mol. The van der Waals surface area contributed by atoms with Crippen molar-refractivity contribution in [3.63, 3.8) is 0 Å². The van der Waals surface area contributed by atoms with E-state index in [0.717, 1.165) is 0 Å². The molecule has 5 nitrogen and oxygen atoms in total. The third kappa shape index (κ3) is 4.24. The van der Waals surface area contributed by atoms with Gasteiger partial charge in [-0.1, -0.05) is 23.4 Å². The van der Waals surface area contributed by atoms with Crippen LogP contribution in [0.4, 0.5) is 11.4 Å². The Morgan fingerprint density at radius 1 is 1.41 bits per heavy atom. The van der Waals surface area contributed by atoms with Gasteiger partial charge in [0.05, 0.1) is 10.7 Å². The zero-order chi connectivity index (χ0) is 16.3. The van der Waals surface area contributed by atoms with Crippen LogP contribution in [0.1, 0.15) is 20.3 Å². The summed E-state index contributed by atoms with van der Waals surface area (Å²) < 4.78 is 0. The van der Waals surface area contributed by atoms with Crippen LogP contribution in [-0.2, 0) is 14.4 Å². The molecule has 0 spiro atoms. The smallest absolute Gasteiger partial charge is 0.227 e. The molecular weight excluding hydrogens is 324 g/mol. The van der Waals surface area contributed by atoms with Crippen LogP contribution in [0.2, 0.25) is 5.02 Å². The molecule has 0 saturated carbocycles. The van der Waals surface area contributed by atoms with Gasteiger partial charge in [0, 0.05) is 38.3 Å². The quantitative estimate of drug-likeness (QED) is 0.915. The van der Waals surface area contributed by atoms with Crippen molar-refractivity contribution >= 4 is 51.7 Å². The number of hydrogen-bond donors (Lipinski definition) is 1. The molecule has 0 aromatic heterocycles. The molecule has 0 bridgehead atoms. The number of carbonyl (C=O) groups is 3. The van der Waals surface area contributed by atoms with Crippen molar-refractivity contribution in [1.82, 2.24) is 0 Å². The van der Waals surface area contributed by atoms with Crippen LogP contribution in [0, 0.1) is 5.92 Å². The largest absolute Gasteiger partial charge is 0.326 e. The van der Waals surface area contributed by atoms with Crippen molar-refractivity contribution in [2.24, 2.45) is 5.92 Å². The fourth-order valence-electron chi connectivity index (χ4n) is 2.36. The van der Waals surface area contributed by atoms with Crippen molar-refractivity contribution < 1.29 is 14.4 Å². The first-order valence-electron chi connectivity index (χ1n) is 6.87. The minimum absolute atomic E-state index is 0.0176. The molecule has 22 heavy (non-hydrogen) atoms. The Labute approximate surface area is 138 Å². The lowest BCUT2D eigenvalue weighted by atomic mass is 10.1. The summed E-state index contributed by atoms with van der Waals surface area (Å²) in [6.07, 6.45) is 0.404. The third-order valence-corrected chi connectivity index (χ3v) is 4.65. The number of hydrogen-bond acceptors (Lipinski definition) is 4. The van der Waals surface area contributed by atoms with Crippen LogP contribution in [0.25, 0.3) is 0 Å². The van der Waals surface area contributed by atoms with Gasteiger partial charge in [-0.15, -0.1) is 0 Å². The second-order valence-corrected chi connectivity index (χ2v) is 6.83. The Morgan fingerprint density at radius 2 is 2.14 bits per heavy atom. The Bertz CT molecular complexity index is 621. The molecule has 1 aliphatic heterocycles. The van der Waals surface area contributed by atoms with E-state index in [1.165, 1.54) is 25.6 Å². The van der Waals surface area contributed by atoms with E-state index in [0.29, 0.717) is 35.1 Å². The molecule has 118 valence electrons. The molecule has 2 rings (SSSR count). The zero-order valence-electron chi connectivity index (χ0n) is 12.4. The Kier molecular flexibility index (Phi) is 5.47. The van der Waals surface area contributed by atoms with E-state index in [1.54, 1.807) is 23.1 Å². The summed E-state index contributed by atoms with van der Waals surface area (Å²) in [6, 6.07) is 5.05. The monoisotopic (exact) mass is 340 g/mol. The summed E-state index contributed by atoms with van der Waals surface area (Å²) in [5.74, 6) is 0.551. The van der Waals surface area contributed by atoms with Gasteiger partial charge in [-0.3, -0.25) is 14.4 Å². The molecule has 1 aromatic rings. The lowest BCUT2D eigenvalue weighted by molar-refractivity contribution is -0.117. The number of benzene rings is 1. The van der Waals surface area contributed by atoms with Crippen molar-refractivity contribution in [3.8, 4) is 0 Å². The van der Waals surface area contributed by atoms with Crippen LogP contribution in [-0.4, -0.2) is 29.2 Å². The maximum Gasteiger partial charge on any atom is 0.227 e. The van der Waals surface area contributed by atoms with Crippen LogP contribution >= 0.6 is 23.4 Å². The minimum atomic E-state index is -0.184. The second-order valence-electron chi connectivity index (χ2n) is 5.22. The maximum absolute atomic E-state index is 12.2. The number of anilines is 2. The van der Waals surface area contributed by atoms with E-state index in [9.17, 15) is 14.4 Å². The molecule has 7 heteroatoms. The molecule has 1 heterocycles. The molecule has 2 amide bonds. The highest BCUT2D eigenvalue weighted by atomic mass is 35.5. The van der Waals surface area contributed by atoms with E-state index >= 15 is 0 Å². The van der Waals surface area contributed by atoms with Gasteiger partial charge < -0.3 is 10.2 Å². The molecule has 0 radical (unpaired) electrons. The molecule has 1 unspecified atom stereocenters.